The first-order chi connectivity index (χ1) is 13.7. The van der Waals surface area contributed by atoms with Crippen molar-refractivity contribution in [1.82, 2.24) is 9.88 Å². The molecule has 2 aromatic heterocycles. The van der Waals surface area contributed by atoms with Gasteiger partial charge in [0.2, 0.25) is 0 Å². The van der Waals surface area contributed by atoms with E-state index in [0.29, 0.717) is 17.9 Å². The molecule has 6 nitrogen and oxygen atoms in total. The van der Waals surface area contributed by atoms with Gasteiger partial charge in [-0.25, -0.2) is 9.78 Å². The molecule has 29 heavy (non-hydrogen) atoms. The molecule has 0 saturated carbocycles. The maximum absolute atomic E-state index is 12.7. The summed E-state index contributed by atoms with van der Waals surface area (Å²) in [6.45, 7) is 5.78. The maximum Gasteiger partial charge on any atom is 0.410 e. The van der Waals surface area contributed by atoms with Gasteiger partial charge in [0.1, 0.15) is 16.3 Å². The molecule has 0 aliphatic carbocycles. The molecule has 2 heterocycles. The number of thiazole rings is 1. The molecule has 0 aliphatic heterocycles. The van der Waals surface area contributed by atoms with Gasteiger partial charge >= 0.3 is 6.09 Å². The third-order valence-corrected chi connectivity index (χ3v) is 5.46. The summed E-state index contributed by atoms with van der Waals surface area (Å²) in [5, 5.41) is 9.45. The molecule has 2 amide bonds. The van der Waals surface area contributed by atoms with Crippen molar-refractivity contribution in [2.75, 3.05) is 12.4 Å². The molecular weight excluding hydrogens is 406 g/mol. The zero-order valence-electron chi connectivity index (χ0n) is 16.8. The number of carbonyl (C=O) groups excluding carboxylic acids is 2. The highest BCUT2D eigenvalue weighted by molar-refractivity contribution is 7.14. The number of nitrogens with zero attached hydrogens (tertiary/aromatic N) is 2. The van der Waals surface area contributed by atoms with Crippen molar-refractivity contribution in [3.8, 4) is 10.6 Å². The highest BCUT2D eigenvalue weighted by Crippen LogP contribution is 2.26. The van der Waals surface area contributed by atoms with E-state index < -0.39 is 11.7 Å². The number of para-hydroxylation sites is 1. The van der Waals surface area contributed by atoms with Crippen LogP contribution in [0.1, 0.15) is 36.8 Å². The van der Waals surface area contributed by atoms with Crippen LogP contribution in [0.3, 0.4) is 0 Å². The third kappa shape index (κ3) is 5.65. The van der Waals surface area contributed by atoms with Crippen molar-refractivity contribution >= 4 is 40.4 Å². The van der Waals surface area contributed by atoms with E-state index in [0.717, 1.165) is 16.1 Å². The lowest BCUT2D eigenvalue weighted by molar-refractivity contribution is 0.0285. The van der Waals surface area contributed by atoms with E-state index in [2.05, 4.69) is 10.3 Å². The summed E-state index contributed by atoms with van der Waals surface area (Å²) < 4.78 is 5.39. The first-order valence-corrected chi connectivity index (χ1v) is 10.9. The Morgan fingerprint density at radius 3 is 2.62 bits per heavy atom. The van der Waals surface area contributed by atoms with Gasteiger partial charge in [0.25, 0.3) is 5.91 Å². The fourth-order valence-electron chi connectivity index (χ4n) is 2.52. The van der Waals surface area contributed by atoms with Gasteiger partial charge in [-0.1, -0.05) is 18.2 Å². The van der Waals surface area contributed by atoms with Crippen molar-refractivity contribution < 1.29 is 14.3 Å². The maximum atomic E-state index is 12.7. The fraction of sp³-hybridized carbons (Fsp3) is 0.286. The summed E-state index contributed by atoms with van der Waals surface area (Å²) in [6.07, 6.45) is -0.418. The molecule has 152 valence electrons. The lowest BCUT2D eigenvalue weighted by Gasteiger charge is -2.25. The number of amides is 2. The molecule has 0 unspecified atom stereocenters. The van der Waals surface area contributed by atoms with Gasteiger partial charge < -0.3 is 15.0 Å². The highest BCUT2D eigenvalue weighted by Gasteiger charge is 2.21. The number of benzene rings is 1. The van der Waals surface area contributed by atoms with Gasteiger partial charge in [-0.3, -0.25) is 4.79 Å². The van der Waals surface area contributed by atoms with Crippen LogP contribution in [0.15, 0.2) is 46.5 Å². The van der Waals surface area contributed by atoms with Gasteiger partial charge in [0.05, 0.1) is 6.54 Å². The van der Waals surface area contributed by atoms with Gasteiger partial charge in [-0.15, -0.1) is 11.3 Å². The molecule has 0 fully saturated rings. The number of anilines is 1. The monoisotopic (exact) mass is 429 g/mol. The van der Waals surface area contributed by atoms with Crippen LogP contribution in [0.2, 0.25) is 0 Å². The Morgan fingerprint density at radius 2 is 1.93 bits per heavy atom. The zero-order valence-corrected chi connectivity index (χ0v) is 18.4. The van der Waals surface area contributed by atoms with Gasteiger partial charge in [0, 0.05) is 29.1 Å². The van der Waals surface area contributed by atoms with Crippen molar-refractivity contribution in [3.63, 3.8) is 0 Å². The van der Waals surface area contributed by atoms with Crippen LogP contribution in [-0.2, 0) is 11.3 Å². The minimum absolute atomic E-state index is 0.282. The minimum Gasteiger partial charge on any atom is -0.444 e. The number of hydrogen-bond donors (Lipinski definition) is 1. The van der Waals surface area contributed by atoms with Crippen molar-refractivity contribution in [1.29, 1.82) is 0 Å². The second-order valence-electron chi connectivity index (χ2n) is 7.50. The second kappa shape index (κ2) is 8.75. The third-order valence-electron chi connectivity index (χ3n) is 3.88. The smallest absolute Gasteiger partial charge is 0.410 e. The van der Waals surface area contributed by atoms with Crippen molar-refractivity contribution in [2.45, 2.75) is 32.9 Å². The Hall–Kier alpha value is -2.71. The van der Waals surface area contributed by atoms with E-state index >= 15 is 0 Å². The van der Waals surface area contributed by atoms with E-state index in [-0.39, 0.29) is 5.91 Å². The van der Waals surface area contributed by atoms with Crippen LogP contribution >= 0.6 is 22.7 Å². The van der Waals surface area contributed by atoms with Gasteiger partial charge in [-0.05, 0) is 43.8 Å². The molecule has 8 heteroatoms. The van der Waals surface area contributed by atoms with Crippen LogP contribution in [0, 0.1) is 0 Å². The Balaban J connectivity index is 1.70. The van der Waals surface area contributed by atoms with Crippen molar-refractivity contribution in [2.24, 2.45) is 0 Å². The quantitative estimate of drug-likeness (QED) is 0.582. The first kappa shape index (κ1) is 21.0. The summed E-state index contributed by atoms with van der Waals surface area (Å²) in [6, 6.07) is 9.36. The molecule has 3 rings (SSSR count). The summed E-state index contributed by atoms with van der Waals surface area (Å²) in [4.78, 5) is 30.8. The fourth-order valence-corrected chi connectivity index (χ4v) is 4.04. The summed E-state index contributed by atoms with van der Waals surface area (Å²) in [7, 11) is 1.67. The van der Waals surface area contributed by atoms with E-state index in [1.54, 1.807) is 23.8 Å². The highest BCUT2D eigenvalue weighted by atomic mass is 32.1. The van der Waals surface area contributed by atoms with Crippen LogP contribution in [0.5, 0.6) is 0 Å². The SMILES string of the molecule is CN(Cc1ccccc1NC(=O)c1csc(-c2ccsc2)n1)C(=O)OC(C)(C)C. The molecule has 0 radical (unpaired) electrons. The summed E-state index contributed by atoms with van der Waals surface area (Å²) >= 11 is 3.03. The number of carbonyl (C=O) groups is 2. The normalized spacial score (nSPS) is 11.2. The number of rotatable bonds is 5. The number of aromatic nitrogens is 1. The van der Waals surface area contributed by atoms with Crippen LogP contribution < -0.4 is 5.32 Å². The predicted molar refractivity (Wildman–Crippen MR) is 118 cm³/mol. The number of thiophene rings is 1. The Bertz CT molecular complexity index is 991. The molecule has 0 spiro atoms. The second-order valence-corrected chi connectivity index (χ2v) is 9.14. The molecule has 0 aliphatic rings. The molecule has 3 aromatic rings. The zero-order chi connectivity index (χ0) is 21.0. The van der Waals surface area contributed by atoms with Crippen molar-refractivity contribution in [3.05, 3.63) is 57.7 Å². The lowest BCUT2D eigenvalue weighted by atomic mass is 10.1. The molecule has 0 bridgehead atoms. The minimum atomic E-state index is -0.566. The first-order valence-electron chi connectivity index (χ1n) is 9.04. The Kier molecular flexibility index (Phi) is 6.34. The number of nitrogens with one attached hydrogen (secondary N) is 1. The summed E-state index contributed by atoms with van der Waals surface area (Å²) in [5.74, 6) is -0.282. The lowest BCUT2D eigenvalue weighted by Crippen LogP contribution is -2.34. The predicted octanol–water partition coefficient (Wildman–Crippen LogP) is 5.49. The van der Waals surface area contributed by atoms with Gasteiger partial charge in [-0.2, -0.15) is 11.3 Å². The van der Waals surface area contributed by atoms with E-state index in [1.165, 1.54) is 16.2 Å². The molecule has 1 aromatic carbocycles. The molecule has 0 atom stereocenters. The Morgan fingerprint density at radius 1 is 1.17 bits per heavy atom. The largest absolute Gasteiger partial charge is 0.444 e. The number of hydrogen-bond acceptors (Lipinski definition) is 6. The topological polar surface area (TPSA) is 71.5 Å². The number of ether oxygens (including phenoxy) is 1. The molecule has 1 N–H and O–H groups in total. The van der Waals surface area contributed by atoms with Crippen LogP contribution in [-0.4, -0.2) is 34.5 Å². The van der Waals surface area contributed by atoms with E-state index in [4.69, 9.17) is 4.74 Å². The standard InChI is InChI=1S/C21H23N3O3S2/c1-21(2,3)27-20(26)24(4)11-14-7-5-6-8-16(14)22-18(25)17-13-29-19(23-17)15-9-10-28-12-15/h5-10,12-13H,11H2,1-4H3,(H,22,25). The average molecular weight is 430 g/mol. The summed E-state index contributed by atoms with van der Waals surface area (Å²) in [5.41, 5.74) is 2.26. The molecular formula is C21H23N3O3S2. The van der Waals surface area contributed by atoms with Crippen LogP contribution in [0.4, 0.5) is 10.5 Å². The Labute approximate surface area is 178 Å². The van der Waals surface area contributed by atoms with Gasteiger partial charge in [0.15, 0.2) is 0 Å². The average Bonchev–Trinajstić information content (AvgIpc) is 3.33. The van der Waals surface area contributed by atoms with E-state index in [1.807, 2.05) is 61.9 Å². The van der Waals surface area contributed by atoms with E-state index in [9.17, 15) is 9.59 Å². The van der Waals surface area contributed by atoms with Crippen LogP contribution in [0.25, 0.3) is 10.6 Å². The molecule has 0 saturated heterocycles.